The minimum absolute atomic E-state index is 0.173. The van der Waals surface area contributed by atoms with Gasteiger partial charge >= 0.3 is 7.60 Å². The molecule has 0 aromatic heterocycles. The summed E-state index contributed by atoms with van der Waals surface area (Å²) in [5.41, 5.74) is 0.838. The molecule has 1 aromatic rings. The zero-order valence-corrected chi connectivity index (χ0v) is 10.9. The summed E-state index contributed by atoms with van der Waals surface area (Å²) in [5, 5.41) is 0. The smallest absolute Gasteiger partial charge is 0.312 e. The Kier molecular flexibility index (Phi) is 5.20. The molecular weight excluding hydrogens is 223 g/mol. The predicted molar refractivity (Wildman–Crippen MR) is 65.7 cm³/mol. The van der Waals surface area contributed by atoms with E-state index in [-0.39, 0.29) is 5.66 Å². The standard InChI is InChI=1S/C12H19O3P/c1-4-8-12(16(13,14-2)15-3)11-9-6-5-7-10-11/h5-7,9-10,12H,4,8H2,1-3H3. The fraction of sp³-hybridized carbons (Fsp3) is 0.500. The molecule has 0 aliphatic rings. The van der Waals surface area contributed by atoms with E-state index in [1.165, 1.54) is 14.2 Å². The molecule has 0 saturated heterocycles. The van der Waals surface area contributed by atoms with Gasteiger partial charge in [-0.1, -0.05) is 43.7 Å². The van der Waals surface area contributed by atoms with E-state index in [0.29, 0.717) is 0 Å². The summed E-state index contributed by atoms with van der Waals surface area (Å²) in [6, 6.07) is 9.74. The fourth-order valence-electron chi connectivity index (χ4n) is 1.78. The highest BCUT2D eigenvalue weighted by Crippen LogP contribution is 2.61. The summed E-state index contributed by atoms with van der Waals surface area (Å²) in [5.74, 6) is 0. The second kappa shape index (κ2) is 6.19. The lowest BCUT2D eigenvalue weighted by atomic mass is 10.1. The van der Waals surface area contributed by atoms with E-state index >= 15 is 0 Å². The van der Waals surface area contributed by atoms with Gasteiger partial charge < -0.3 is 9.05 Å². The monoisotopic (exact) mass is 242 g/mol. The largest absolute Gasteiger partial charge is 0.337 e. The minimum Gasteiger partial charge on any atom is -0.312 e. The third-order valence-corrected chi connectivity index (χ3v) is 4.97. The number of hydrogen-bond donors (Lipinski definition) is 0. The van der Waals surface area contributed by atoms with Gasteiger partial charge in [0.25, 0.3) is 0 Å². The number of benzene rings is 1. The van der Waals surface area contributed by atoms with Crippen molar-refractivity contribution in [1.29, 1.82) is 0 Å². The van der Waals surface area contributed by atoms with Crippen molar-refractivity contribution in [3.63, 3.8) is 0 Å². The second-order valence-corrected chi connectivity index (χ2v) is 6.05. The lowest BCUT2D eigenvalue weighted by molar-refractivity contribution is 0.263. The fourth-order valence-corrected chi connectivity index (χ4v) is 3.55. The minimum atomic E-state index is -3.03. The van der Waals surface area contributed by atoms with Crippen molar-refractivity contribution in [1.82, 2.24) is 0 Å². The van der Waals surface area contributed by atoms with Crippen LogP contribution >= 0.6 is 7.60 Å². The Hall–Kier alpha value is -0.630. The van der Waals surface area contributed by atoms with E-state index in [1.807, 2.05) is 30.3 Å². The van der Waals surface area contributed by atoms with E-state index in [2.05, 4.69) is 6.92 Å². The molecule has 0 fully saturated rings. The molecule has 0 radical (unpaired) electrons. The Morgan fingerprint density at radius 2 is 1.75 bits per heavy atom. The van der Waals surface area contributed by atoms with Gasteiger partial charge in [0.1, 0.15) is 0 Å². The van der Waals surface area contributed by atoms with Gasteiger partial charge in [-0.15, -0.1) is 0 Å². The van der Waals surface area contributed by atoms with Gasteiger partial charge in [0.15, 0.2) is 0 Å². The zero-order valence-electron chi connectivity index (χ0n) is 10.1. The highest BCUT2D eigenvalue weighted by atomic mass is 31.2. The molecule has 1 rings (SSSR count). The van der Waals surface area contributed by atoms with Crippen LogP contribution in [0.25, 0.3) is 0 Å². The number of hydrogen-bond acceptors (Lipinski definition) is 3. The van der Waals surface area contributed by atoms with E-state index in [9.17, 15) is 4.57 Å². The van der Waals surface area contributed by atoms with E-state index in [4.69, 9.17) is 9.05 Å². The predicted octanol–water partition coefficient (Wildman–Crippen LogP) is 4.01. The van der Waals surface area contributed by atoms with Crippen molar-refractivity contribution in [3.8, 4) is 0 Å². The molecule has 90 valence electrons. The van der Waals surface area contributed by atoms with Crippen LogP contribution in [0, 0.1) is 0 Å². The molecule has 0 aliphatic heterocycles. The Morgan fingerprint density at radius 1 is 1.19 bits per heavy atom. The Balaban J connectivity index is 3.04. The van der Waals surface area contributed by atoms with Gasteiger partial charge in [0, 0.05) is 14.2 Å². The van der Waals surface area contributed by atoms with Crippen LogP contribution in [0.1, 0.15) is 31.0 Å². The van der Waals surface area contributed by atoms with Crippen LogP contribution in [0.4, 0.5) is 0 Å². The molecule has 0 N–H and O–H groups in total. The molecule has 0 amide bonds. The van der Waals surface area contributed by atoms with Crippen molar-refractivity contribution in [2.75, 3.05) is 14.2 Å². The summed E-state index contributed by atoms with van der Waals surface area (Å²) < 4.78 is 22.6. The maximum atomic E-state index is 12.4. The highest BCUT2D eigenvalue weighted by Gasteiger charge is 2.34. The first-order chi connectivity index (χ1) is 7.68. The molecule has 0 heterocycles. The van der Waals surface area contributed by atoms with Crippen LogP contribution in [0.5, 0.6) is 0 Å². The zero-order chi connectivity index (χ0) is 12.0. The van der Waals surface area contributed by atoms with Crippen LogP contribution in [0.3, 0.4) is 0 Å². The van der Waals surface area contributed by atoms with Gasteiger partial charge in [-0.05, 0) is 12.0 Å². The maximum Gasteiger partial charge on any atom is 0.337 e. The molecule has 0 aliphatic carbocycles. The lowest BCUT2D eigenvalue weighted by Crippen LogP contribution is -2.03. The van der Waals surface area contributed by atoms with Crippen LogP contribution in [-0.2, 0) is 13.6 Å². The molecule has 0 spiro atoms. The van der Waals surface area contributed by atoms with E-state index < -0.39 is 7.60 Å². The first kappa shape index (κ1) is 13.4. The topological polar surface area (TPSA) is 35.5 Å². The molecular formula is C12H19O3P. The van der Waals surface area contributed by atoms with Crippen molar-refractivity contribution in [3.05, 3.63) is 35.9 Å². The van der Waals surface area contributed by atoms with Crippen LogP contribution in [0.15, 0.2) is 30.3 Å². The number of rotatable bonds is 6. The average Bonchev–Trinajstić information content (AvgIpc) is 2.36. The van der Waals surface area contributed by atoms with Gasteiger partial charge in [-0.2, -0.15) is 0 Å². The van der Waals surface area contributed by atoms with Crippen molar-refractivity contribution < 1.29 is 13.6 Å². The summed E-state index contributed by atoms with van der Waals surface area (Å²) in [6.45, 7) is 2.06. The van der Waals surface area contributed by atoms with Crippen LogP contribution < -0.4 is 0 Å². The summed E-state index contributed by atoms with van der Waals surface area (Å²) in [6.07, 6.45) is 1.74. The third-order valence-electron chi connectivity index (χ3n) is 2.64. The Labute approximate surface area is 97.3 Å². The summed E-state index contributed by atoms with van der Waals surface area (Å²) in [4.78, 5) is 0. The normalized spacial score (nSPS) is 13.7. The molecule has 3 nitrogen and oxygen atoms in total. The molecule has 16 heavy (non-hydrogen) atoms. The van der Waals surface area contributed by atoms with Gasteiger partial charge in [0.05, 0.1) is 5.66 Å². The van der Waals surface area contributed by atoms with Crippen molar-refractivity contribution in [2.45, 2.75) is 25.4 Å². The molecule has 4 heteroatoms. The first-order valence-corrected chi connectivity index (χ1v) is 7.05. The van der Waals surface area contributed by atoms with Crippen molar-refractivity contribution >= 4 is 7.60 Å². The van der Waals surface area contributed by atoms with Crippen LogP contribution in [-0.4, -0.2) is 14.2 Å². The van der Waals surface area contributed by atoms with Gasteiger partial charge in [-0.25, -0.2) is 0 Å². The quantitative estimate of drug-likeness (QED) is 0.707. The lowest BCUT2D eigenvalue weighted by Gasteiger charge is -2.24. The highest BCUT2D eigenvalue weighted by molar-refractivity contribution is 7.54. The SMILES string of the molecule is CCCC(c1ccccc1)P(=O)(OC)OC. The molecule has 0 saturated carbocycles. The average molecular weight is 242 g/mol. The molecule has 1 atom stereocenters. The van der Waals surface area contributed by atoms with Crippen LogP contribution in [0.2, 0.25) is 0 Å². The van der Waals surface area contributed by atoms with E-state index in [1.54, 1.807) is 0 Å². The van der Waals surface area contributed by atoms with Gasteiger partial charge in [-0.3, -0.25) is 4.57 Å². The van der Waals surface area contributed by atoms with Crippen molar-refractivity contribution in [2.24, 2.45) is 0 Å². The molecule has 1 unspecified atom stereocenters. The first-order valence-electron chi connectivity index (χ1n) is 5.44. The van der Waals surface area contributed by atoms with E-state index in [0.717, 1.165) is 18.4 Å². The van der Waals surface area contributed by atoms with Gasteiger partial charge in [0.2, 0.25) is 0 Å². The summed E-state index contributed by atoms with van der Waals surface area (Å²) in [7, 11) is -0.149. The molecule has 1 aromatic carbocycles. The Morgan fingerprint density at radius 3 is 2.19 bits per heavy atom. The third kappa shape index (κ3) is 2.94. The maximum absolute atomic E-state index is 12.4. The molecule has 0 bridgehead atoms. The Bertz CT molecular complexity index is 343. The summed E-state index contributed by atoms with van der Waals surface area (Å²) >= 11 is 0. The second-order valence-electron chi connectivity index (χ2n) is 3.62.